The van der Waals surface area contributed by atoms with Crippen LogP contribution in [0.4, 0.5) is 4.79 Å². The van der Waals surface area contributed by atoms with Crippen molar-refractivity contribution >= 4 is 11.9 Å². The number of aromatic nitrogens is 2. The molecule has 0 radical (unpaired) electrons. The maximum absolute atomic E-state index is 11.6. The maximum atomic E-state index is 11.6. The van der Waals surface area contributed by atoms with E-state index in [1.807, 2.05) is 30.3 Å². The van der Waals surface area contributed by atoms with Crippen LogP contribution in [0.15, 0.2) is 36.5 Å². The van der Waals surface area contributed by atoms with Crippen LogP contribution in [0.2, 0.25) is 0 Å². The van der Waals surface area contributed by atoms with Crippen LogP contribution in [-0.4, -0.2) is 35.2 Å². The molecule has 2 aromatic rings. The van der Waals surface area contributed by atoms with Gasteiger partial charge in [-0.05, 0) is 17.2 Å². The number of hydrogen-bond donors (Lipinski definition) is 4. The number of carbonyl (C=O) groups is 2. The van der Waals surface area contributed by atoms with E-state index in [0.717, 1.165) is 16.8 Å². The van der Waals surface area contributed by atoms with Crippen LogP contribution in [0.5, 0.6) is 0 Å². The third kappa shape index (κ3) is 4.93. The van der Waals surface area contributed by atoms with Crippen LogP contribution in [0.3, 0.4) is 0 Å². The molecule has 0 aliphatic rings. The number of H-pyrrole nitrogens is 1. The van der Waals surface area contributed by atoms with E-state index in [0.29, 0.717) is 19.6 Å². The predicted octanol–water partition coefficient (Wildman–Crippen LogP) is 1.01. The highest BCUT2D eigenvalue weighted by atomic mass is 16.2. The topological polar surface area (TPSA) is 98.9 Å². The van der Waals surface area contributed by atoms with E-state index in [2.05, 4.69) is 26.1 Å². The molecule has 7 heteroatoms. The van der Waals surface area contributed by atoms with Crippen LogP contribution in [0, 0.1) is 0 Å². The summed E-state index contributed by atoms with van der Waals surface area (Å²) in [6.45, 7) is 2.69. The molecule has 2 rings (SSSR count). The van der Waals surface area contributed by atoms with Crippen LogP contribution in [0.25, 0.3) is 11.3 Å². The summed E-state index contributed by atoms with van der Waals surface area (Å²) >= 11 is 0. The first kappa shape index (κ1) is 15.6. The molecule has 22 heavy (non-hydrogen) atoms. The first-order chi connectivity index (χ1) is 10.6. The minimum atomic E-state index is -0.261. The third-order valence-corrected chi connectivity index (χ3v) is 3.00. The number of amides is 3. The molecule has 0 spiro atoms. The van der Waals surface area contributed by atoms with Crippen molar-refractivity contribution in [3.8, 4) is 11.3 Å². The Hall–Kier alpha value is -2.83. The molecule has 0 saturated heterocycles. The van der Waals surface area contributed by atoms with Gasteiger partial charge in [0.1, 0.15) is 0 Å². The van der Waals surface area contributed by atoms with E-state index in [1.165, 1.54) is 6.92 Å². The summed E-state index contributed by atoms with van der Waals surface area (Å²) in [6.07, 6.45) is 1.70. The van der Waals surface area contributed by atoms with Gasteiger partial charge >= 0.3 is 6.03 Å². The molecule has 4 N–H and O–H groups in total. The van der Waals surface area contributed by atoms with Crippen molar-refractivity contribution in [1.29, 1.82) is 0 Å². The predicted molar refractivity (Wildman–Crippen MR) is 82.9 cm³/mol. The quantitative estimate of drug-likeness (QED) is 0.599. The summed E-state index contributed by atoms with van der Waals surface area (Å²) < 4.78 is 0. The number of urea groups is 1. The second kappa shape index (κ2) is 7.82. The zero-order chi connectivity index (χ0) is 15.8. The number of benzene rings is 1. The smallest absolute Gasteiger partial charge is 0.315 e. The molecule has 0 fully saturated rings. The van der Waals surface area contributed by atoms with Crippen molar-refractivity contribution < 1.29 is 9.59 Å². The Bertz CT molecular complexity index is 607. The molecule has 1 aromatic carbocycles. The highest BCUT2D eigenvalue weighted by Crippen LogP contribution is 2.16. The maximum Gasteiger partial charge on any atom is 0.315 e. The normalized spacial score (nSPS) is 10.0. The van der Waals surface area contributed by atoms with E-state index in [9.17, 15) is 9.59 Å². The van der Waals surface area contributed by atoms with Gasteiger partial charge in [-0.2, -0.15) is 5.10 Å². The Morgan fingerprint density at radius 3 is 2.41 bits per heavy atom. The minimum absolute atomic E-state index is 0.112. The number of rotatable bonds is 6. The van der Waals surface area contributed by atoms with Gasteiger partial charge in [0.2, 0.25) is 5.91 Å². The first-order valence-corrected chi connectivity index (χ1v) is 7.00. The van der Waals surface area contributed by atoms with E-state index in [-0.39, 0.29) is 11.9 Å². The van der Waals surface area contributed by atoms with Crippen molar-refractivity contribution in [2.24, 2.45) is 0 Å². The lowest BCUT2D eigenvalue weighted by molar-refractivity contribution is -0.118. The molecule has 0 saturated carbocycles. The number of carbonyl (C=O) groups excluding carboxylic acids is 2. The van der Waals surface area contributed by atoms with Gasteiger partial charge < -0.3 is 16.0 Å². The van der Waals surface area contributed by atoms with Gasteiger partial charge in [0, 0.05) is 32.8 Å². The molecular weight excluding hydrogens is 282 g/mol. The highest BCUT2D eigenvalue weighted by Gasteiger charge is 2.02. The molecular formula is C15H19N5O2. The lowest BCUT2D eigenvalue weighted by Crippen LogP contribution is -2.39. The van der Waals surface area contributed by atoms with Crippen molar-refractivity contribution in [2.75, 3.05) is 13.1 Å². The van der Waals surface area contributed by atoms with Crippen molar-refractivity contribution in [3.63, 3.8) is 0 Å². The Labute approximate surface area is 128 Å². The highest BCUT2D eigenvalue weighted by molar-refractivity contribution is 5.74. The van der Waals surface area contributed by atoms with Gasteiger partial charge in [-0.15, -0.1) is 0 Å². The van der Waals surface area contributed by atoms with Gasteiger partial charge in [0.15, 0.2) is 0 Å². The fourth-order valence-electron chi connectivity index (χ4n) is 1.88. The summed E-state index contributed by atoms with van der Waals surface area (Å²) in [7, 11) is 0. The van der Waals surface area contributed by atoms with Crippen LogP contribution in [-0.2, 0) is 11.3 Å². The van der Waals surface area contributed by atoms with E-state index in [4.69, 9.17) is 0 Å². The number of nitrogens with one attached hydrogen (secondary N) is 4. The number of hydrogen-bond acceptors (Lipinski definition) is 3. The number of aromatic amines is 1. The van der Waals surface area contributed by atoms with E-state index < -0.39 is 0 Å². The van der Waals surface area contributed by atoms with Gasteiger partial charge in [0.05, 0.1) is 5.69 Å². The van der Waals surface area contributed by atoms with E-state index in [1.54, 1.807) is 6.20 Å². The molecule has 3 amide bonds. The molecule has 116 valence electrons. The second-order valence-corrected chi connectivity index (χ2v) is 4.76. The molecule has 0 atom stereocenters. The molecule has 7 nitrogen and oxygen atoms in total. The standard InChI is InChI=1S/C15H19N5O2/c1-11(21)16-8-9-17-15(22)18-10-12-2-4-13(5-3-12)14-6-7-19-20-14/h2-7H,8-10H2,1H3,(H,16,21)(H,19,20)(H2,17,18,22). The summed E-state index contributed by atoms with van der Waals surface area (Å²) in [5.41, 5.74) is 3.00. The zero-order valence-corrected chi connectivity index (χ0v) is 12.3. The van der Waals surface area contributed by atoms with E-state index >= 15 is 0 Å². The fraction of sp³-hybridized carbons (Fsp3) is 0.267. The Morgan fingerprint density at radius 2 is 1.77 bits per heavy atom. The summed E-state index contributed by atoms with van der Waals surface area (Å²) in [6, 6.07) is 9.48. The van der Waals surface area contributed by atoms with Gasteiger partial charge in [0.25, 0.3) is 0 Å². The largest absolute Gasteiger partial charge is 0.355 e. The summed E-state index contributed by atoms with van der Waals surface area (Å²) in [4.78, 5) is 22.2. The van der Waals surface area contributed by atoms with Crippen LogP contribution < -0.4 is 16.0 Å². The lowest BCUT2D eigenvalue weighted by Gasteiger charge is -2.08. The molecule has 0 unspecified atom stereocenters. The van der Waals surface area contributed by atoms with Gasteiger partial charge in [-0.1, -0.05) is 24.3 Å². The average molecular weight is 301 g/mol. The third-order valence-electron chi connectivity index (χ3n) is 3.00. The van der Waals surface area contributed by atoms with Crippen molar-refractivity contribution in [1.82, 2.24) is 26.1 Å². The van der Waals surface area contributed by atoms with Crippen molar-refractivity contribution in [2.45, 2.75) is 13.5 Å². The Kier molecular flexibility index (Phi) is 5.53. The Morgan fingerprint density at radius 1 is 1.05 bits per heavy atom. The molecule has 0 aliphatic carbocycles. The number of nitrogens with zero attached hydrogens (tertiary/aromatic N) is 1. The van der Waals surface area contributed by atoms with Gasteiger partial charge in [-0.3, -0.25) is 9.89 Å². The monoisotopic (exact) mass is 301 g/mol. The second-order valence-electron chi connectivity index (χ2n) is 4.76. The van der Waals surface area contributed by atoms with Crippen LogP contribution >= 0.6 is 0 Å². The minimum Gasteiger partial charge on any atom is -0.355 e. The summed E-state index contributed by atoms with van der Waals surface area (Å²) in [5, 5.41) is 14.8. The zero-order valence-electron chi connectivity index (χ0n) is 12.3. The fourth-order valence-corrected chi connectivity index (χ4v) is 1.88. The average Bonchev–Trinajstić information content (AvgIpc) is 3.04. The van der Waals surface area contributed by atoms with Crippen LogP contribution in [0.1, 0.15) is 12.5 Å². The molecule has 0 aliphatic heterocycles. The Balaban J connectivity index is 1.72. The SMILES string of the molecule is CC(=O)NCCNC(=O)NCc1ccc(-c2ccn[nH]2)cc1. The lowest BCUT2D eigenvalue weighted by atomic mass is 10.1. The molecule has 1 aromatic heterocycles. The van der Waals surface area contributed by atoms with Gasteiger partial charge in [-0.25, -0.2) is 4.79 Å². The molecule has 1 heterocycles. The van der Waals surface area contributed by atoms with Crippen molar-refractivity contribution in [3.05, 3.63) is 42.1 Å². The first-order valence-electron chi connectivity index (χ1n) is 7.00. The summed E-state index contributed by atoms with van der Waals surface area (Å²) in [5.74, 6) is -0.112. The molecule has 0 bridgehead atoms.